The molecule has 0 aliphatic carbocycles. The minimum absolute atomic E-state index is 0.703. The van der Waals surface area contributed by atoms with Crippen LogP contribution in [-0.2, 0) is 13.5 Å². The molecule has 0 atom stereocenters. The molecule has 0 radical (unpaired) electrons. The molecule has 3 rings (SSSR count). The fraction of sp³-hybridized carbons (Fsp3) is 0.312. The molecule has 0 fully saturated rings. The summed E-state index contributed by atoms with van der Waals surface area (Å²) in [5.74, 6) is 1.89. The molecule has 0 spiro atoms. The maximum Gasteiger partial charge on any atom is 0.129 e. The van der Waals surface area contributed by atoms with E-state index in [-0.39, 0.29) is 0 Å². The molecule has 3 aromatic rings. The van der Waals surface area contributed by atoms with E-state index in [1.165, 1.54) is 0 Å². The van der Waals surface area contributed by atoms with E-state index < -0.39 is 0 Å². The molecule has 5 heteroatoms. The monoisotopic (exact) mass is 281 g/mol. The van der Waals surface area contributed by atoms with Gasteiger partial charge in [0.2, 0.25) is 0 Å². The van der Waals surface area contributed by atoms with Gasteiger partial charge in [-0.25, -0.2) is 15.0 Å². The highest BCUT2D eigenvalue weighted by molar-refractivity contribution is 5.75. The standard InChI is InChI=1S/C16H19N5/c1-3-8-17-15-9-12(18-11-19-15)10-16-20-13-6-4-5-7-14(13)21(16)2/h4-7,9,11H,3,8,10H2,1-2H3,(H,17,18,19). The van der Waals surface area contributed by atoms with Crippen molar-refractivity contribution in [2.24, 2.45) is 7.05 Å². The first-order chi connectivity index (χ1) is 10.3. The smallest absolute Gasteiger partial charge is 0.129 e. The highest BCUT2D eigenvalue weighted by Crippen LogP contribution is 2.16. The molecule has 5 nitrogen and oxygen atoms in total. The Morgan fingerprint density at radius 2 is 2.05 bits per heavy atom. The topological polar surface area (TPSA) is 55.6 Å². The first-order valence-corrected chi connectivity index (χ1v) is 7.23. The van der Waals surface area contributed by atoms with Gasteiger partial charge >= 0.3 is 0 Å². The molecule has 0 saturated carbocycles. The molecule has 108 valence electrons. The van der Waals surface area contributed by atoms with Gasteiger partial charge in [0.15, 0.2) is 0 Å². The summed E-state index contributed by atoms with van der Waals surface area (Å²) < 4.78 is 2.12. The predicted molar refractivity (Wildman–Crippen MR) is 84.3 cm³/mol. The summed E-state index contributed by atoms with van der Waals surface area (Å²) >= 11 is 0. The molecular formula is C16H19N5. The van der Waals surface area contributed by atoms with E-state index in [1.807, 2.05) is 31.3 Å². The lowest BCUT2D eigenvalue weighted by Crippen LogP contribution is -2.05. The predicted octanol–water partition coefficient (Wildman–Crippen LogP) is 2.78. The Bertz CT molecular complexity index is 747. The van der Waals surface area contributed by atoms with E-state index in [4.69, 9.17) is 0 Å². The van der Waals surface area contributed by atoms with Gasteiger partial charge < -0.3 is 9.88 Å². The lowest BCUT2D eigenvalue weighted by molar-refractivity contribution is 0.828. The van der Waals surface area contributed by atoms with Gasteiger partial charge in [-0.05, 0) is 18.6 Å². The van der Waals surface area contributed by atoms with Crippen LogP contribution in [0.3, 0.4) is 0 Å². The van der Waals surface area contributed by atoms with Gasteiger partial charge in [0.1, 0.15) is 18.0 Å². The Labute approximate surface area is 124 Å². The Morgan fingerprint density at radius 1 is 1.19 bits per heavy atom. The number of rotatable bonds is 5. The normalized spacial score (nSPS) is 11.0. The molecular weight excluding hydrogens is 262 g/mol. The number of imidazole rings is 1. The zero-order valence-electron chi connectivity index (χ0n) is 12.4. The van der Waals surface area contributed by atoms with Crippen LogP contribution >= 0.6 is 0 Å². The number of aryl methyl sites for hydroxylation is 1. The van der Waals surface area contributed by atoms with Gasteiger partial charge in [0.05, 0.1) is 16.7 Å². The van der Waals surface area contributed by atoms with Crippen molar-refractivity contribution >= 4 is 16.9 Å². The average Bonchev–Trinajstić information content (AvgIpc) is 2.82. The van der Waals surface area contributed by atoms with Crippen LogP contribution in [0.5, 0.6) is 0 Å². The fourth-order valence-electron chi connectivity index (χ4n) is 2.36. The van der Waals surface area contributed by atoms with Gasteiger partial charge in [-0.2, -0.15) is 0 Å². The fourth-order valence-corrected chi connectivity index (χ4v) is 2.36. The molecule has 1 aromatic carbocycles. The second-order valence-electron chi connectivity index (χ2n) is 5.07. The third-order valence-electron chi connectivity index (χ3n) is 3.50. The summed E-state index contributed by atoms with van der Waals surface area (Å²) in [7, 11) is 2.04. The molecule has 0 aliphatic rings. The van der Waals surface area contributed by atoms with E-state index in [9.17, 15) is 0 Å². The van der Waals surface area contributed by atoms with Crippen LogP contribution in [0.2, 0.25) is 0 Å². The number of anilines is 1. The highest BCUT2D eigenvalue weighted by atomic mass is 15.1. The summed E-state index contributed by atoms with van der Waals surface area (Å²) in [5, 5.41) is 3.28. The lowest BCUT2D eigenvalue weighted by Gasteiger charge is -2.06. The second-order valence-corrected chi connectivity index (χ2v) is 5.07. The van der Waals surface area contributed by atoms with Crippen LogP contribution in [-0.4, -0.2) is 26.1 Å². The Morgan fingerprint density at radius 3 is 2.86 bits per heavy atom. The molecule has 0 unspecified atom stereocenters. The maximum absolute atomic E-state index is 4.68. The van der Waals surface area contributed by atoms with E-state index >= 15 is 0 Å². The summed E-state index contributed by atoms with van der Waals surface area (Å²) in [4.78, 5) is 13.3. The van der Waals surface area contributed by atoms with Crippen LogP contribution in [0.4, 0.5) is 5.82 Å². The van der Waals surface area contributed by atoms with Crippen molar-refractivity contribution in [2.45, 2.75) is 19.8 Å². The average molecular weight is 281 g/mol. The Balaban J connectivity index is 1.86. The molecule has 2 heterocycles. The van der Waals surface area contributed by atoms with Crippen LogP contribution in [0, 0.1) is 0 Å². The first kappa shape index (κ1) is 13.5. The number of nitrogens with zero attached hydrogens (tertiary/aromatic N) is 4. The van der Waals surface area contributed by atoms with Crippen molar-refractivity contribution in [1.82, 2.24) is 19.5 Å². The number of nitrogens with one attached hydrogen (secondary N) is 1. The van der Waals surface area contributed by atoms with Gasteiger partial charge in [0, 0.05) is 26.1 Å². The van der Waals surface area contributed by atoms with Crippen molar-refractivity contribution in [1.29, 1.82) is 0 Å². The molecule has 1 N–H and O–H groups in total. The SMILES string of the molecule is CCCNc1cc(Cc2nc3ccccc3n2C)ncn1. The van der Waals surface area contributed by atoms with Gasteiger partial charge in [-0.1, -0.05) is 19.1 Å². The summed E-state index contributed by atoms with van der Waals surface area (Å²) in [6.07, 6.45) is 3.38. The summed E-state index contributed by atoms with van der Waals surface area (Å²) in [6, 6.07) is 10.2. The van der Waals surface area contributed by atoms with Crippen LogP contribution in [0.1, 0.15) is 24.9 Å². The van der Waals surface area contributed by atoms with Crippen molar-refractivity contribution in [3.63, 3.8) is 0 Å². The highest BCUT2D eigenvalue weighted by Gasteiger charge is 2.09. The van der Waals surface area contributed by atoms with E-state index in [0.717, 1.165) is 41.3 Å². The molecule has 0 aliphatic heterocycles. The van der Waals surface area contributed by atoms with Gasteiger partial charge in [-0.3, -0.25) is 0 Å². The number of hydrogen-bond donors (Lipinski definition) is 1. The molecule has 0 saturated heterocycles. The van der Waals surface area contributed by atoms with Crippen molar-refractivity contribution < 1.29 is 0 Å². The van der Waals surface area contributed by atoms with Crippen LogP contribution in [0.15, 0.2) is 36.7 Å². The van der Waals surface area contributed by atoms with Gasteiger partial charge in [0.25, 0.3) is 0 Å². The van der Waals surface area contributed by atoms with E-state index in [1.54, 1.807) is 6.33 Å². The number of aromatic nitrogens is 4. The third-order valence-corrected chi connectivity index (χ3v) is 3.50. The lowest BCUT2D eigenvalue weighted by atomic mass is 10.2. The van der Waals surface area contributed by atoms with Crippen LogP contribution in [0.25, 0.3) is 11.0 Å². The maximum atomic E-state index is 4.68. The van der Waals surface area contributed by atoms with E-state index in [0.29, 0.717) is 6.42 Å². The first-order valence-electron chi connectivity index (χ1n) is 7.23. The zero-order valence-corrected chi connectivity index (χ0v) is 12.4. The summed E-state index contributed by atoms with van der Waals surface area (Å²) in [5.41, 5.74) is 3.14. The Kier molecular flexibility index (Phi) is 3.81. The van der Waals surface area contributed by atoms with Crippen molar-refractivity contribution in [3.8, 4) is 0 Å². The molecule has 2 aromatic heterocycles. The third kappa shape index (κ3) is 2.86. The quantitative estimate of drug-likeness (QED) is 0.781. The second kappa shape index (κ2) is 5.91. The summed E-state index contributed by atoms with van der Waals surface area (Å²) in [6.45, 7) is 3.05. The van der Waals surface area contributed by atoms with Crippen LogP contribution < -0.4 is 5.32 Å². The van der Waals surface area contributed by atoms with Crippen molar-refractivity contribution in [2.75, 3.05) is 11.9 Å². The largest absolute Gasteiger partial charge is 0.370 e. The van der Waals surface area contributed by atoms with Gasteiger partial charge in [-0.15, -0.1) is 0 Å². The number of benzene rings is 1. The number of fused-ring (bicyclic) bond motifs is 1. The minimum atomic E-state index is 0.703. The molecule has 0 amide bonds. The molecule has 0 bridgehead atoms. The zero-order chi connectivity index (χ0) is 14.7. The minimum Gasteiger partial charge on any atom is -0.370 e. The Hall–Kier alpha value is -2.43. The number of para-hydroxylation sites is 2. The number of hydrogen-bond acceptors (Lipinski definition) is 4. The van der Waals surface area contributed by atoms with Crippen molar-refractivity contribution in [3.05, 3.63) is 48.2 Å². The van der Waals surface area contributed by atoms with E-state index in [2.05, 4.69) is 37.8 Å². The molecule has 21 heavy (non-hydrogen) atoms.